The minimum Gasteiger partial charge on any atom is -0.457 e. The Balaban J connectivity index is 1.47. The van der Waals surface area contributed by atoms with Gasteiger partial charge in [-0.05, 0) is 24.3 Å². The molecule has 26 heavy (non-hydrogen) atoms. The molecule has 0 spiro atoms. The van der Waals surface area contributed by atoms with Crippen LogP contribution in [0.15, 0.2) is 72.9 Å². The third kappa shape index (κ3) is 3.24. The lowest BCUT2D eigenvalue weighted by molar-refractivity contribution is -0.121. The van der Waals surface area contributed by atoms with Gasteiger partial charge in [0.1, 0.15) is 17.3 Å². The predicted molar refractivity (Wildman–Crippen MR) is 101 cm³/mol. The second-order valence-electron chi connectivity index (χ2n) is 6.04. The number of rotatable bonds is 5. The molecule has 1 aliphatic heterocycles. The van der Waals surface area contributed by atoms with Crippen LogP contribution in [0.25, 0.3) is 0 Å². The average Bonchev–Trinajstić information content (AvgIpc) is 2.70. The second-order valence-corrected chi connectivity index (χ2v) is 6.04. The van der Waals surface area contributed by atoms with E-state index in [1.165, 1.54) is 0 Å². The van der Waals surface area contributed by atoms with Gasteiger partial charge in [-0.15, -0.1) is 0 Å². The van der Waals surface area contributed by atoms with Gasteiger partial charge in [-0.1, -0.05) is 42.5 Å². The molecule has 1 aromatic heterocycles. The smallest absolute Gasteiger partial charge is 0.232 e. The van der Waals surface area contributed by atoms with Crippen LogP contribution in [0.2, 0.25) is 0 Å². The SMILES string of the molecule is O=C(NCCNc1ccccn1)C1c2ccccc2Oc2ccccc21. The Morgan fingerprint density at radius 3 is 2.19 bits per heavy atom. The summed E-state index contributed by atoms with van der Waals surface area (Å²) in [7, 11) is 0. The minimum atomic E-state index is -0.369. The van der Waals surface area contributed by atoms with Crippen LogP contribution in [0.5, 0.6) is 11.5 Å². The molecule has 0 unspecified atom stereocenters. The molecule has 3 aromatic rings. The number of nitrogens with one attached hydrogen (secondary N) is 2. The fourth-order valence-electron chi connectivity index (χ4n) is 3.14. The van der Waals surface area contributed by atoms with E-state index >= 15 is 0 Å². The molecule has 4 rings (SSSR count). The van der Waals surface area contributed by atoms with Gasteiger partial charge in [-0.25, -0.2) is 4.98 Å². The van der Waals surface area contributed by atoms with E-state index in [1.807, 2.05) is 66.7 Å². The molecule has 0 radical (unpaired) electrons. The van der Waals surface area contributed by atoms with E-state index in [0.717, 1.165) is 28.4 Å². The van der Waals surface area contributed by atoms with Crippen LogP contribution in [0.1, 0.15) is 17.0 Å². The first-order valence-electron chi connectivity index (χ1n) is 8.61. The number of amides is 1. The highest BCUT2D eigenvalue weighted by Gasteiger charge is 2.31. The van der Waals surface area contributed by atoms with Crippen molar-refractivity contribution in [3.63, 3.8) is 0 Å². The average molecular weight is 345 g/mol. The van der Waals surface area contributed by atoms with Crippen molar-refractivity contribution in [1.82, 2.24) is 10.3 Å². The van der Waals surface area contributed by atoms with E-state index in [1.54, 1.807) is 6.20 Å². The normalized spacial score (nSPS) is 12.5. The summed E-state index contributed by atoms with van der Waals surface area (Å²) in [5, 5.41) is 6.21. The first-order chi connectivity index (χ1) is 12.8. The number of anilines is 1. The quantitative estimate of drug-likeness (QED) is 0.694. The Bertz CT molecular complexity index is 866. The number of para-hydroxylation sites is 2. The number of carbonyl (C=O) groups is 1. The lowest BCUT2D eigenvalue weighted by Crippen LogP contribution is -2.34. The molecular weight excluding hydrogens is 326 g/mol. The van der Waals surface area contributed by atoms with Gasteiger partial charge in [-0.3, -0.25) is 4.79 Å². The van der Waals surface area contributed by atoms with E-state index in [0.29, 0.717) is 13.1 Å². The molecule has 2 N–H and O–H groups in total. The van der Waals surface area contributed by atoms with Gasteiger partial charge in [0.05, 0.1) is 5.92 Å². The van der Waals surface area contributed by atoms with Crippen molar-refractivity contribution in [2.75, 3.05) is 18.4 Å². The number of ether oxygens (including phenoxy) is 1. The second kappa shape index (κ2) is 7.27. The number of benzene rings is 2. The molecule has 0 saturated carbocycles. The fraction of sp³-hybridized carbons (Fsp3) is 0.143. The van der Waals surface area contributed by atoms with Gasteiger partial charge >= 0.3 is 0 Å². The number of carbonyl (C=O) groups excluding carboxylic acids is 1. The van der Waals surface area contributed by atoms with Gasteiger partial charge in [0.15, 0.2) is 0 Å². The Hall–Kier alpha value is -3.34. The molecule has 1 amide bonds. The van der Waals surface area contributed by atoms with Crippen molar-refractivity contribution in [2.45, 2.75) is 5.92 Å². The van der Waals surface area contributed by atoms with Gasteiger partial charge in [0, 0.05) is 30.4 Å². The zero-order chi connectivity index (χ0) is 17.8. The zero-order valence-electron chi connectivity index (χ0n) is 14.2. The standard InChI is InChI=1S/C21H19N3O2/c25-21(24-14-13-23-19-11-5-6-12-22-19)20-15-7-1-3-9-17(15)26-18-10-4-2-8-16(18)20/h1-12,20H,13-14H2,(H,22,23)(H,24,25). The first kappa shape index (κ1) is 16.1. The zero-order valence-corrected chi connectivity index (χ0v) is 14.2. The van der Waals surface area contributed by atoms with Crippen LogP contribution >= 0.6 is 0 Å². The number of fused-ring (bicyclic) bond motifs is 2. The molecule has 1 aliphatic rings. The van der Waals surface area contributed by atoms with Crippen molar-refractivity contribution in [3.05, 3.63) is 84.1 Å². The molecule has 0 aliphatic carbocycles. The van der Waals surface area contributed by atoms with Crippen molar-refractivity contribution >= 4 is 11.7 Å². The molecule has 0 saturated heterocycles. The van der Waals surface area contributed by atoms with Crippen LogP contribution in [0, 0.1) is 0 Å². The Morgan fingerprint density at radius 1 is 0.885 bits per heavy atom. The third-order valence-electron chi connectivity index (χ3n) is 4.34. The molecular formula is C21H19N3O2. The van der Waals surface area contributed by atoms with E-state index in [4.69, 9.17) is 4.74 Å². The summed E-state index contributed by atoms with van der Waals surface area (Å²) >= 11 is 0. The first-order valence-corrected chi connectivity index (χ1v) is 8.61. The predicted octanol–water partition coefficient (Wildman–Crippen LogP) is 3.55. The number of pyridine rings is 1. The molecule has 130 valence electrons. The molecule has 5 nitrogen and oxygen atoms in total. The summed E-state index contributed by atoms with van der Waals surface area (Å²) in [6.07, 6.45) is 1.73. The highest BCUT2D eigenvalue weighted by molar-refractivity contribution is 5.89. The number of nitrogens with zero attached hydrogens (tertiary/aromatic N) is 1. The van der Waals surface area contributed by atoms with Crippen molar-refractivity contribution < 1.29 is 9.53 Å². The number of aromatic nitrogens is 1. The summed E-state index contributed by atoms with van der Waals surface area (Å²) < 4.78 is 5.94. The lowest BCUT2D eigenvalue weighted by atomic mass is 9.87. The third-order valence-corrected chi connectivity index (χ3v) is 4.34. The van der Waals surface area contributed by atoms with Crippen molar-refractivity contribution in [2.24, 2.45) is 0 Å². The molecule has 2 aromatic carbocycles. The lowest BCUT2D eigenvalue weighted by Gasteiger charge is -2.27. The van der Waals surface area contributed by atoms with E-state index in [-0.39, 0.29) is 11.8 Å². The summed E-state index contributed by atoms with van der Waals surface area (Å²) in [6, 6.07) is 21.1. The number of hydrogen-bond donors (Lipinski definition) is 2. The van der Waals surface area contributed by atoms with Crippen LogP contribution < -0.4 is 15.4 Å². The topological polar surface area (TPSA) is 63.2 Å². The maximum atomic E-state index is 12.9. The fourth-order valence-corrected chi connectivity index (χ4v) is 3.14. The minimum absolute atomic E-state index is 0.0315. The van der Waals surface area contributed by atoms with Crippen molar-refractivity contribution in [1.29, 1.82) is 0 Å². The van der Waals surface area contributed by atoms with E-state index in [9.17, 15) is 4.79 Å². The van der Waals surface area contributed by atoms with Gasteiger partial charge in [0.2, 0.25) is 5.91 Å². The summed E-state index contributed by atoms with van der Waals surface area (Å²) in [5.74, 6) is 1.86. The molecule has 5 heteroatoms. The van der Waals surface area contributed by atoms with E-state index in [2.05, 4.69) is 15.6 Å². The van der Waals surface area contributed by atoms with Crippen molar-refractivity contribution in [3.8, 4) is 11.5 Å². The molecule has 0 atom stereocenters. The summed E-state index contributed by atoms with van der Waals surface area (Å²) in [6.45, 7) is 1.12. The highest BCUT2D eigenvalue weighted by atomic mass is 16.5. The van der Waals surface area contributed by atoms with Crippen LogP contribution in [-0.4, -0.2) is 24.0 Å². The van der Waals surface area contributed by atoms with Gasteiger partial charge in [0.25, 0.3) is 0 Å². The largest absolute Gasteiger partial charge is 0.457 e. The maximum absolute atomic E-state index is 12.9. The van der Waals surface area contributed by atoms with E-state index < -0.39 is 0 Å². The van der Waals surface area contributed by atoms with Gasteiger partial charge in [-0.2, -0.15) is 0 Å². The highest BCUT2D eigenvalue weighted by Crippen LogP contribution is 2.43. The summed E-state index contributed by atoms with van der Waals surface area (Å²) in [5.41, 5.74) is 1.78. The number of hydrogen-bond acceptors (Lipinski definition) is 4. The van der Waals surface area contributed by atoms with Crippen LogP contribution in [0.4, 0.5) is 5.82 Å². The van der Waals surface area contributed by atoms with Crippen LogP contribution in [-0.2, 0) is 4.79 Å². The van der Waals surface area contributed by atoms with Gasteiger partial charge < -0.3 is 15.4 Å². The maximum Gasteiger partial charge on any atom is 0.232 e. The summed E-state index contributed by atoms with van der Waals surface area (Å²) in [4.78, 5) is 17.1. The molecule has 0 fully saturated rings. The van der Waals surface area contributed by atoms with Crippen LogP contribution in [0.3, 0.4) is 0 Å². The Labute approximate surface area is 152 Å². The Morgan fingerprint density at radius 2 is 1.54 bits per heavy atom. The molecule has 0 bridgehead atoms. The monoisotopic (exact) mass is 345 g/mol. The Kier molecular flexibility index (Phi) is 4.51. The molecule has 2 heterocycles.